The quantitative estimate of drug-likeness (QED) is 0.751. The fourth-order valence-corrected chi connectivity index (χ4v) is 1.97. The van der Waals surface area contributed by atoms with Crippen LogP contribution in [-0.4, -0.2) is 14.8 Å². The van der Waals surface area contributed by atoms with Crippen LogP contribution in [-0.2, 0) is 6.67 Å². The van der Waals surface area contributed by atoms with Gasteiger partial charge in [0, 0.05) is 6.04 Å². The fourth-order valence-electron chi connectivity index (χ4n) is 1.97. The van der Waals surface area contributed by atoms with Crippen molar-refractivity contribution in [1.29, 1.82) is 0 Å². The summed E-state index contributed by atoms with van der Waals surface area (Å²) in [6.45, 7) is -0.671. The first-order chi connectivity index (χ1) is 6.33. The van der Waals surface area contributed by atoms with E-state index in [2.05, 4.69) is 10.2 Å². The van der Waals surface area contributed by atoms with E-state index < -0.39 is 6.67 Å². The summed E-state index contributed by atoms with van der Waals surface area (Å²) in [5.41, 5.74) is -0.278. The minimum Gasteiger partial charge on any atom is -0.274 e. The van der Waals surface area contributed by atoms with E-state index >= 15 is 0 Å². The van der Waals surface area contributed by atoms with Gasteiger partial charge in [-0.2, -0.15) is 5.10 Å². The predicted molar refractivity (Wildman–Crippen MR) is 45.2 cm³/mol. The highest BCUT2D eigenvalue weighted by molar-refractivity contribution is 4.89. The smallest absolute Gasteiger partial charge is 0.274 e. The maximum absolute atomic E-state index is 12.4. The Hall–Kier alpha value is -1.13. The van der Waals surface area contributed by atoms with Gasteiger partial charge in [-0.3, -0.25) is 4.57 Å². The van der Waals surface area contributed by atoms with Gasteiger partial charge in [-0.05, 0) is 12.8 Å². The van der Waals surface area contributed by atoms with Crippen LogP contribution in [0.4, 0.5) is 4.39 Å². The molecule has 0 atom stereocenters. The minimum atomic E-state index is -0.671. The molecule has 0 bridgehead atoms. The molecule has 1 aliphatic rings. The average Bonchev–Trinajstić information content (AvgIpc) is 2.72. The molecule has 5 heteroatoms. The summed E-state index contributed by atoms with van der Waals surface area (Å²) in [5, 5.41) is 5.91. The Bertz CT molecular complexity index is 337. The van der Waals surface area contributed by atoms with Crippen LogP contribution in [0.15, 0.2) is 4.79 Å². The number of aromatic amines is 1. The van der Waals surface area contributed by atoms with Crippen LogP contribution in [0, 0.1) is 0 Å². The summed E-state index contributed by atoms with van der Waals surface area (Å²) in [6, 6.07) is 0.164. The van der Waals surface area contributed by atoms with E-state index in [0.29, 0.717) is 0 Å². The monoisotopic (exact) mass is 185 g/mol. The molecule has 0 unspecified atom stereocenters. The van der Waals surface area contributed by atoms with Crippen LogP contribution in [0.3, 0.4) is 0 Å². The molecule has 2 rings (SSSR count). The molecule has 4 nitrogen and oxygen atoms in total. The third-order valence-corrected chi connectivity index (χ3v) is 2.59. The van der Waals surface area contributed by atoms with E-state index in [1.165, 1.54) is 4.57 Å². The molecule has 1 aromatic rings. The van der Waals surface area contributed by atoms with Gasteiger partial charge in [-0.15, -0.1) is 0 Å². The standard InChI is InChI=1S/C8H12FN3O/c9-5-7-10-11-8(13)12(7)6-3-1-2-4-6/h6H,1-5H2,(H,11,13). The second-order valence-corrected chi connectivity index (χ2v) is 3.39. The normalized spacial score (nSPS) is 18.2. The van der Waals surface area contributed by atoms with Crippen molar-refractivity contribution in [2.75, 3.05) is 0 Å². The molecular formula is C8H12FN3O. The van der Waals surface area contributed by atoms with Gasteiger partial charge >= 0.3 is 5.69 Å². The molecule has 0 radical (unpaired) electrons. The maximum atomic E-state index is 12.4. The zero-order valence-corrected chi connectivity index (χ0v) is 7.29. The zero-order chi connectivity index (χ0) is 9.26. The van der Waals surface area contributed by atoms with Gasteiger partial charge in [0.25, 0.3) is 0 Å². The lowest BCUT2D eigenvalue weighted by Crippen LogP contribution is -2.22. The lowest BCUT2D eigenvalue weighted by Gasteiger charge is -2.10. The highest BCUT2D eigenvalue weighted by atomic mass is 19.1. The second kappa shape index (κ2) is 3.32. The number of nitrogens with zero attached hydrogens (tertiary/aromatic N) is 2. The number of alkyl halides is 1. The Morgan fingerprint density at radius 2 is 2.23 bits per heavy atom. The molecule has 1 fully saturated rings. The van der Waals surface area contributed by atoms with Gasteiger partial charge in [0.05, 0.1) is 0 Å². The van der Waals surface area contributed by atoms with Crippen molar-refractivity contribution in [3.63, 3.8) is 0 Å². The van der Waals surface area contributed by atoms with Crippen molar-refractivity contribution in [2.24, 2.45) is 0 Å². The largest absolute Gasteiger partial charge is 0.343 e. The topological polar surface area (TPSA) is 50.7 Å². The van der Waals surface area contributed by atoms with Crippen molar-refractivity contribution in [3.05, 3.63) is 16.3 Å². The van der Waals surface area contributed by atoms with Crippen molar-refractivity contribution in [1.82, 2.24) is 14.8 Å². The lowest BCUT2D eigenvalue weighted by molar-refractivity contribution is 0.411. The van der Waals surface area contributed by atoms with Crippen molar-refractivity contribution >= 4 is 0 Å². The van der Waals surface area contributed by atoms with Gasteiger partial charge in [0.2, 0.25) is 0 Å². The number of rotatable bonds is 2. The van der Waals surface area contributed by atoms with E-state index in [9.17, 15) is 9.18 Å². The molecule has 0 aromatic carbocycles. The number of hydrogen-bond donors (Lipinski definition) is 1. The molecule has 1 aliphatic carbocycles. The first-order valence-corrected chi connectivity index (χ1v) is 4.54. The third-order valence-electron chi connectivity index (χ3n) is 2.59. The fraction of sp³-hybridized carbons (Fsp3) is 0.750. The van der Waals surface area contributed by atoms with Crippen LogP contribution in [0.5, 0.6) is 0 Å². The number of hydrogen-bond acceptors (Lipinski definition) is 2. The Labute approximate surface area is 74.8 Å². The zero-order valence-electron chi connectivity index (χ0n) is 7.29. The molecule has 0 aliphatic heterocycles. The van der Waals surface area contributed by atoms with Gasteiger partial charge < -0.3 is 0 Å². The van der Waals surface area contributed by atoms with Crippen molar-refractivity contribution < 1.29 is 4.39 Å². The Kier molecular flexibility index (Phi) is 2.16. The molecule has 1 aromatic heterocycles. The third kappa shape index (κ3) is 1.38. The molecule has 1 saturated carbocycles. The minimum absolute atomic E-state index is 0.164. The highest BCUT2D eigenvalue weighted by Crippen LogP contribution is 2.28. The first kappa shape index (κ1) is 8.47. The maximum Gasteiger partial charge on any atom is 0.343 e. The molecule has 1 heterocycles. The molecule has 72 valence electrons. The molecule has 13 heavy (non-hydrogen) atoms. The Morgan fingerprint density at radius 3 is 2.85 bits per heavy atom. The van der Waals surface area contributed by atoms with Gasteiger partial charge in [0.1, 0.15) is 6.67 Å². The van der Waals surface area contributed by atoms with E-state index in [1.54, 1.807) is 0 Å². The summed E-state index contributed by atoms with van der Waals surface area (Å²) < 4.78 is 13.9. The molecule has 0 saturated heterocycles. The average molecular weight is 185 g/mol. The summed E-state index contributed by atoms with van der Waals surface area (Å²) in [7, 11) is 0. The number of nitrogens with one attached hydrogen (secondary N) is 1. The number of halogens is 1. The summed E-state index contributed by atoms with van der Waals surface area (Å²) in [6.07, 6.45) is 4.17. The molecule has 0 amide bonds. The van der Waals surface area contributed by atoms with Crippen molar-refractivity contribution in [3.8, 4) is 0 Å². The van der Waals surface area contributed by atoms with Gasteiger partial charge in [-0.1, -0.05) is 12.8 Å². The Balaban J connectivity index is 2.36. The van der Waals surface area contributed by atoms with E-state index in [-0.39, 0.29) is 17.6 Å². The summed E-state index contributed by atoms with van der Waals surface area (Å²) in [4.78, 5) is 11.3. The Morgan fingerprint density at radius 1 is 1.54 bits per heavy atom. The van der Waals surface area contributed by atoms with Crippen molar-refractivity contribution in [2.45, 2.75) is 38.4 Å². The predicted octanol–water partition coefficient (Wildman–Crippen LogP) is 1.16. The van der Waals surface area contributed by atoms with E-state index in [0.717, 1.165) is 25.7 Å². The number of H-pyrrole nitrogens is 1. The van der Waals surface area contributed by atoms with E-state index in [1.807, 2.05) is 0 Å². The molecule has 0 spiro atoms. The van der Waals surface area contributed by atoms with Crippen LogP contribution in [0.25, 0.3) is 0 Å². The van der Waals surface area contributed by atoms with Crippen LogP contribution >= 0.6 is 0 Å². The first-order valence-electron chi connectivity index (χ1n) is 4.54. The van der Waals surface area contributed by atoms with Gasteiger partial charge in [-0.25, -0.2) is 14.3 Å². The second-order valence-electron chi connectivity index (χ2n) is 3.39. The summed E-state index contributed by atoms with van der Waals surface area (Å²) in [5.74, 6) is 0.233. The lowest BCUT2D eigenvalue weighted by atomic mass is 10.2. The summed E-state index contributed by atoms with van der Waals surface area (Å²) >= 11 is 0. The van der Waals surface area contributed by atoms with E-state index in [4.69, 9.17) is 0 Å². The SMILES string of the molecule is O=c1[nH]nc(CF)n1C1CCCC1. The molecular weight excluding hydrogens is 173 g/mol. The molecule has 1 N–H and O–H groups in total. The van der Waals surface area contributed by atoms with Gasteiger partial charge in [0.15, 0.2) is 5.82 Å². The number of aromatic nitrogens is 3. The van der Waals surface area contributed by atoms with Crippen LogP contribution in [0.2, 0.25) is 0 Å². The highest BCUT2D eigenvalue weighted by Gasteiger charge is 2.21. The van der Waals surface area contributed by atoms with Crippen LogP contribution < -0.4 is 5.69 Å². The van der Waals surface area contributed by atoms with Crippen LogP contribution in [0.1, 0.15) is 37.5 Å².